The zero-order chi connectivity index (χ0) is 11.2. The van der Waals surface area contributed by atoms with Gasteiger partial charge in [0.15, 0.2) is 0 Å². The molecule has 0 spiro atoms. The first-order valence-electron chi connectivity index (χ1n) is 5.93. The molecule has 1 aliphatic heterocycles. The van der Waals surface area contributed by atoms with Crippen LogP contribution in [-0.4, -0.2) is 37.9 Å². The summed E-state index contributed by atoms with van der Waals surface area (Å²) in [6.07, 6.45) is 2.29. The molecule has 3 nitrogen and oxygen atoms in total. The minimum Gasteiger partial charge on any atom is -0.381 e. The number of para-hydroxylation sites is 1. The van der Waals surface area contributed by atoms with E-state index in [4.69, 9.17) is 4.74 Å². The number of anilines is 1. The van der Waals surface area contributed by atoms with Crippen molar-refractivity contribution in [3.05, 3.63) is 30.3 Å². The van der Waals surface area contributed by atoms with E-state index in [-0.39, 0.29) is 24.8 Å². The average Bonchev–Trinajstić information content (AvgIpc) is 2.38. The van der Waals surface area contributed by atoms with Crippen molar-refractivity contribution in [1.29, 1.82) is 0 Å². The Morgan fingerprint density at radius 1 is 1.17 bits per heavy atom. The number of rotatable bonds is 4. The molecule has 1 N–H and O–H groups in total. The van der Waals surface area contributed by atoms with Gasteiger partial charge in [0.25, 0.3) is 0 Å². The fourth-order valence-corrected chi connectivity index (χ4v) is 2.03. The van der Waals surface area contributed by atoms with Crippen molar-refractivity contribution in [3.8, 4) is 0 Å². The van der Waals surface area contributed by atoms with Gasteiger partial charge < -0.3 is 10.1 Å². The highest BCUT2D eigenvalue weighted by Gasteiger charge is 2.17. The summed E-state index contributed by atoms with van der Waals surface area (Å²) in [7, 11) is 2.17. The first-order chi connectivity index (χ1) is 7.86. The highest BCUT2D eigenvalue weighted by atomic mass is 35.5. The minimum atomic E-state index is 0. The van der Waals surface area contributed by atoms with E-state index in [0.29, 0.717) is 6.04 Å². The van der Waals surface area contributed by atoms with E-state index < -0.39 is 0 Å². The third-order valence-electron chi connectivity index (χ3n) is 3.12. The van der Waals surface area contributed by atoms with Crippen LogP contribution >= 0.6 is 24.8 Å². The lowest BCUT2D eigenvalue weighted by Gasteiger charge is -2.31. The average molecular weight is 293 g/mol. The summed E-state index contributed by atoms with van der Waals surface area (Å²) in [5.41, 5.74) is 1.18. The molecule has 0 radical (unpaired) electrons. The van der Waals surface area contributed by atoms with E-state index in [1.807, 2.05) is 6.07 Å². The van der Waals surface area contributed by atoms with Crippen molar-refractivity contribution in [2.24, 2.45) is 0 Å². The lowest BCUT2D eigenvalue weighted by atomic mass is 10.1. The zero-order valence-corrected chi connectivity index (χ0v) is 12.3. The Bertz CT molecular complexity index is 305. The molecule has 0 aliphatic carbocycles. The summed E-state index contributed by atoms with van der Waals surface area (Å²) in [5.74, 6) is 0. The molecular formula is C13H22Cl2N2O. The van der Waals surface area contributed by atoms with Crippen LogP contribution in [0.5, 0.6) is 0 Å². The largest absolute Gasteiger partial charge is 0.381 e. The van der Waals surface area contributed by atoms with Crippen LogP contribution in [0.25, 0.3) is 0 Å². The Morgan fingerprint density at radius 3 is 2.39 bits per heavy atom. The van der Waals surface area contributed by atoms with E-state index >= 15 is 0 Å². The van der Waals surface area contributed by atoms with Crippen LogP contribution in [0.3, 0.4) is 0 Å². The molecular weight excluding hydrogens is 271 g/mol. The summed E-state index contributed by atoms with van der Waals surface area (Å²) in [5, 5.41) is 3.43. The molecule has 0 aromatic heterocycles. The van der Waals surface area contributed by atoms with Crippen LogP contribution in [-0.2, 0) is 4.74 Å². The Kier molecular flexibility index (Phi) is 9.20. The summed E-state index contributed by atoms with van der Waals surface area (Å²) in [6, 6.07) is 11.0. The minimum absolute atomic E-state index is 0. The lowest BCUT2D eigenvalue weighted by Crippen LogP contribution is -2.39. The van der Waals surface area contributed by atoms with E-state index in [1.54, 1.807) is 0 Å². The Morgan fingerprint density at radius 2 is 1.78 bits per heavy atom. The van der Waals surface area contributed by atoms with Crippen LogP contribution in [0.4, 0.5) is 5.69 Å². The normalized spacial score (nSPS) is 15.7. The number of ether oxygens (including phenoxy) is 1. The monoisotopic (exact) mass is 292 g/mol. The number of nitrogens with one attached hydrogen (secondary N) is 1. The fourth-order valence-electron chi connectivity index (χ4n) is 2.03. The second-order valence-electron chi connectivity index (χ2n) is 4.30. The summed E-state index contributed by atoms with van der Waals surface area (Å²) in [6.45, 7) is 2.70. The predicted molar refractivity (Wildman–Crippen MR) is 81.0 cm³/mol. The van der Waals surface area contributed by atoms with Crippen molar-refractivity contribution < 1.29 is 4.74 Å². The summed E-state index contributed by atoms with van der Waals surface area (Å²) in [4.78, 5) is 2.37. The SMILES string of the molecule is CN(CNc1ccccc1)C1CCOCC1.Cl.Cl. The van der Waals surface area contributed by atoms with Gasteiger partial charge in [0.05, 0.1) is 6.67 Å². The number of benzene rings is 1. The number of halogens is 2. The van der Waals surface area contributed by atoms with E-state index in [2.05, 4.69) is 41.5 Å². The van der Waals surface area contributed by atoms with Gasteiger partial charge in [0.1, 0.15) is 0 Å². The summed E-state index contributed by atoms with van der Waals surface area (Å²) < 4.78 is 5.37. The van der Waals surface area contributed by atoms with Gasteiger partial charge in [-0.25, -0.2) is 0 Å². The molecule has 1 aromatic carbocycles. The van der Waals surface area contributed by atoms with E-state index in [0.717, 1.165) is 32.7 Å². The third-order valence-corrected chi connectivity index (χ3v) is 3.12. The molecule has 1 aromatic rings. The molecule has 1 aliphatic rings. The van der Waals surface area contributed by atoms with Crippen LogP contribution in [0.2, 0.25) is 0 Å². The molecule has 0 saturated carbocycles. The maximum absolute atomic E-state index is 5.37. The standard InChI is InChI=1S/C13H20N2O.2ClH/c1-15(13-7-9-16-10-8-13)11-14-12-5-3-2-4-6-12;;/h2-6,13-14H,7-11H2,1H3;2*1H. The second kappa shape index (κ2) is 9.45. The van der Waals surface area contributed by atoms with Gasteiger partial charge in [-0.2, -0.15) is 0 Å². The van der Waals surface area contributed by atoms with Gasteiger partial charge >= 0.3 is 0 Å². The van der Waals surface area contributed by atoms with Crippen LogP contribution in [0.15, 0.2) is 30.3 Å². The topological polar surface area (TPSA) is 24.5 Å². The van der Waals surface area contributed by atoms with Gasteiger partial charge in [0.2, 0.25) is 0 Å². The first-order valence-corrected chi connectivity index (χ1v) is 5.93. The van der Waals surface area contributed by atoms with Crippen molar-refractivity contribution >= 4 is 30.5 Å². The number of hydrogen-bond acceptors (Lipinski definition) is 3. The predicted octanol–water partition coefficient (Wildman–Crippen LogP) is 3.01. The highest BCUT2D eigenvalue weighted by molar-refractivity contribution is 5.85. The van der Waals surface area contributed by atoms with Crippen LogP contribution in [0, 0.1) is 0 Å². The Hall–Kier alpha value is -0.480. The Balaban J connectivity index is 0.00000144. The van der Waals surface area contributed by atoms with Gasteiger partial charge in [-0.3, -0.25) is 4.90 Å². The zero-order valence-electron chi connectivity index (χ0n) is 10.7. The third kappa shape index (κ3) is 5.44. The van der Waals surface area contributed by atoms with Gasteiger partial charge in [0, 0.05) is 24.9 Å². The van der Waals surface area contributed by atoms with Gasteiger partial charge in [-0.15, -0.1) is 24.8 Å². The van der Waals surface area contributed by atoms with Crippen molar-refractivity contribution in [1.82, 2.24) is 4.90 Å². The molecule has 2 rings (SSSR count). The maximum Gasteiger partial charge on any atom is 0.0678 e. The molecule has 0 unspecified atom stereocenters. The quantitative estimate of drug-likeness (QED) is 0.864. The van der Waals surface area contributed by atoms with Gasteiger partial charge in [-0.05, 0) is 32.0 Å². The van der Waals surface area contributed by atoms with E-state index in [9.17, 15) is 0 Å². The lowest BCUT2D eigenvalue weighted by molar-refractivity contribution is 0.0453. The smallest absolute Gasteiger partial charge is 0.0678 e. The second-order valence-corrected chi connectivity index (χ2v) is 4.30. The Labute approximate surface area is 122 Å². The van der Waals surface area contributed by atoms with Crippen LogP contribution in [0.1, 0.15) is 12.8 Å². The van der Waals surface area contributed by atoms with Gasteiger partial charge in [-0.1, -0.05) is 18.2 Å². The number of hydrogen-bond donors (Lipinski definition) is 1. The van der Waals surface area contributed by atoms with Crippen LogP contribution < -0.4 is 5.32 Å². The molecule has 1 heterocycles. The van der Waals surface area contributed by atoms with Crippen molar-refractivity contribution in [2.75, 3.05) is 32.2 Å². The van der Waals surface area contributed by atoms with Crippen molar-refractivity contribution in [2.45, 2.75) is 18.9 Å². The fraction of sp³-hybridized carbons (Fsp3) is 0.538. The molecule has 18 heavy (non-hydrogen) atoms. The first kappa shape index (κ1) is 17.5. The van der Waals surface area contributed by atoms with E-state index in [1.165, 1.54) is 5.69 Å². The maximum atomic E-state index is 5.37. The molecule has 0 amide bonds. The summed E-state index contributed by atoms with van der Waals surface area (Å²) >= 11 is 0. The number of nitrogens with zero attached hydrogens (tertiary/aromatic N) is 1. The molecule has 5 heteroatoms. The molecule has 0 bridgehead atoms. The highest BCUT2D eigenvalue weighted by Crippen LogP contribution is 2.13. The molecule has 104 valence electrons. The van der Waals surface area contributed by atoms with Crippen molar-refractivity contribution in [3.63, 3.8) is 0 Å². The molecule has 1 saturated heterocycles. The molecule has 1 fully saturated rings. The molecule has 0 atom stereocenters.